The highest BCUT2D eigenvalue weighted by Crippen LogP contribution is 2.23. The third kappa shape index (κ3) is 3.89. The molecule has 11 heteroatoms. The number of piperidine rings is 1. The van der Waals surface area contributed by atoms with Crippen molar-refractivity contribution >= 4 is 28.0 Å². The van der Waals surface area contributed by atoms with E-state index in [2.05, 4.69) is 27.9 Å². The number of hydrogen-bond acceptors (Lipinski definition) is 8. The van der Waals surface area contributed by atoms with Gasteiger partial charge in [0.25, 0.3) is 5.56 Å². The zero-order valence-electron chi connectivity index (χ0n) is 20.1. The lowest BCUT2D eigenvalue weighted by atomic mass is 10.1. The molecular weight excluding hydrogens is 458 g/mol. The number of nitrogens with zero attached hydrogens (tertiary/aromatic N) is 8. The first kappa shape index (κ1) is 23.3. The van der Waals surface area contributed by atoms with E-state index in [-0.39, 0.29) is 41.8 Å². The molecule has 1 aliphatic rings. The molecule has 4 heterocycles. The van der Waals surface area contributed by atoms with Gasteiger partial charge in [0.2, 0.25) is 5.95 Å². The van der Waals surface area contributed by atoms with Gasteiger partial charge in [-0.15, -0.1) is 5.92 Å². The van der Waals surface area contributed by atoms with E-state index in [1.165, 1.54) is 4.57 Å². The Bertz CT molecular complexity index is 1710. The van der Waals surface area contributed by atoms with Gasteiger partial charge < -0.3 is 10.6 Å². The third-order valence-corrected chi connectivity index (χ3v) is 6.42. The van der Waals surface area contributed by atoms with E-state index in [1.54, 1.807) is 42.8 Å². The Hall–Kier alpha value is -4.48. The van der Waals surface area contributed by atoms with Crippen LogP contribution < -0.4 is 21.9 Å². The highest BCUT2D eigenvalue weighted by Gasteiger charge is 2.26. The molecule has 1 aromatic carbocycles. The zero-order valence-corrected chi connectivity index (χ0v) is 20.1. The van der Waals surface area contributed by atoms with Crippen LogP contribution in [0, 0.1) is 23.2 Å². The van der Waals surface area contributed by atoms with Crippen molar-refractivity contribution in [3.05, 3.63) is 56.6 Å². The second-order valence-corrected chi connectivity index (χ2v) is 8.80. The normalized spacial score (nSPS) is 15.6. The molecule has 36 heavy (non-hydrogen) atoms. The molecule has 1 atom stereocenters. The van der Waals surface area contributed by atoms with Crippen LogP contribution in [0.4, 0.5) is 5.95 Å². The van der Waals surface area contributed by atoms with Crippen molar-refractivity contribution in [1.82, 2.24) is 28.7 Å². The van der Waals surface area contributed by atoms with Crippen molar-refractivity contribution in [2.24, 2.45) is 12.8 Å². The van der Waals surface area contributed by atoms with Crippen molar-refractivity contribution in [2.45, 2.75) is 38.9 Å². The van der Waals surface area contributed by atoms with Crippen LogP contribution in [-0.2, 0) is 20.1 Å². The van der Waals surface area contributed by atoms with E-state index in [4.69, 9.17) is 10.7 Å². The number of para-hydroxylation sites is 1. The van der Waals surface area contributed by atoms with Crippen LogP contribution in [0.3, 0.4) is 0 Å². The largest absolute Gasteiger partial charge is 0.341 e. The van der Waals surface area contributed by atoms with Gasteiger partial charge in [-0.05, 0) is 31.9 Å². The fourth-order valence-corrected chi connectivity index (χ4v) is 4.66. The average Bonchev–Trinajstić information content (AvgIpc) is 3.28. The van der Waals surface area contributed by atoms with E-state index >= 15 is 0 Å². The lowest BCUT2D eigenvalue weighted by molar-refractivity contribution is 0.496. The van der Waals surface area contributed by atoms with Gasteiger partial charge in [0.15, 0.2) is 22.7 Å². The highest BCUT2D eigenvalue weighted by atomic mass is 16.2. The van der Waals surface area contributed by atoms with Gasteiger partial charge >= 0.3 is 5.69 Å². The number of fused-ring (bicyclic) bond motifs is 2. The molecule has 182 valence electrons. The number of aromatic nitrogens is 6. The van der Waals surface area contributed by atoms with E-state index in [0.717, 1.165) is 24.0 Å². The molecule has 11 nitrogen and oxygen atoms in total. The standard InChI is InChI=1S/C25H25N9O2/c1-3-4-12-33-21-22(30-24(33)32-11-7-8-16(27)14-32)31(2)25(36)34(23(21)35)15-20-28-18-10-6-5-9-17(18)19(13-26)29-20/h5-6,9-10,16H,7-8,11-12,14-15,27H2,1-2H3/t16-/m1/s1. The number of aryl methyl sites for hydroxylation is 1. The van der Waals surface area contributed by atoms with Crippen LogP contribution in [0.5, 0.6) is 0 Å². The molecule has 0 aliphatic carbocycles. The number of imidazole rings is 1. The molecule has 1 aliphatic heterocycles. The molecule has 1 saturated heterocycles. The Balaban J connectivity index is 1.70. The minimum Gasteiger partial charge on any atom is -0.341 e. The SMILES string of the molecule is CC#CCn1c(N2CCC[C@@H](N)C2)nc2c1c(=O)n(Cc1nc(C#N)c3ccccc3n1)c(=O)n2C. The summed E-state index contributed by atoms with van der Waals surface area (Å²) >= 11 is 0. The maximum Gasteiger partial charge on any atom is 0.332 e. The fraction of sp³-hybridized carbons (Fsp3) is 0.360. The van der Waals surface area contributed by atoms with Crippen molar-refractivity contribution in [1.29, 1.82) is 5.26 Å². The maximum absolute atomic E-state index is 13.7. The summed E-state index contributed by atoms with van der Waals surface area (Å²) in [6.45, 7) is 3.14. The van der Waals surface area contributed by atoms with Crippen LogP contribution in [0.1, 0.15) is 31.3 Å². The lowest BCUT2D eigenvalue weighted by Gasteiger charge is -2.31. The monoisotopic (exact) mass is 483 g/mol. The number of benzene rings is 1. The minimum atomic E-state index is -0.545. The van der Waals surface area contributed by atoms with Gasteiger partial charge in [-0.3, -0.25) is 18.5 Å². The van der Waals surface area contributed by atoms with Crippen LogP contribution in [0.25, 0.3) is 22.1 Å². The second-order valence-electron chi connectivity index (χ2n) is 8.80. The zero-order chi connectivity index (χ0) is 25.4. The summed E-state index contributed by atoms with van der Waals surface area (Å²) in [5, 5.41) is 10.2. The summed E-state index contributed by atoms with van der Waals surface area (Å²) in [6, 6.07) is 9.21. The van der Waals surface area contributed by atoms with Crippen molar-refractivity contribution in [3.8, 4) is 17.9 Å². The Labute approximate surface area is 206 Å². The third-order valence-electron chi connectivity index (χ3n) is 6.42. The van der Waals surface area contributed by atoms with Crippen LogP contribution in [0.15, 0.2) is 33.9 Å². The summed E-state index contributed by atoms with van der Waals surface area (Å²) < 4.78 is 4.19. The van der Waals surface area contributed by atoms with Gasteiger partial charge in [-0.25, -0.2) is 14.8 Å². The number of nitriles is 1. The molecule has 0 saturated carbocycles. The minimum absolute atomic E-state index is 0.00383. The quantitative estimate of drug-likeness (QED) is 0.419. The number of nitrogens with two attached hydrogens (primary N) is 1. The lowest BCUT2D eigenvalue weighted by Crippen LogP contribution is -2.44. The Morgan fingerprint density at radius 2 is 1.97 bits per heavy atom. The van der Waals surface area contributed by atoms with Gasteiger partial charge in [0.1, 0.15) is 6.07 Å². The molecule has 0 amide bonds. The molecule has 3 aromatic heterocycles. The van der Waals surface area contributed by atoms with E-state index in [9.17, 15) is 14.9 Å². The molecule has 0 bridgehead atoms. The summed E-state index contributed by atoms with van der Waals surface area (Å²) in [4.78, 5) is 42.6. The van der Waals surface area contributed by atoms with E-state index in [1.807, 2.05) is 4.90 Å². The molecule has 1 fully saturated rings. The van der Waals surface area contributed by atoms with Gasteiger partial charge in [-0.2, -0.15) is 10.2 Å². The smallest absolute Gasteiger partial charge is 0.332 e. The van der Waals surface area contributed by atoms with Crippen LogP contribution >= 0.6 is 0 Å². The van der Waals surface area contributed by atoms with Crippen molar-refractivity contribution in [3.63, 3.8) is 0 Å². The molecular formula is C25H25N9O2. The molecule has 2 N–H and O–H groups in total. The first-order valence-corrected chi connectivity index (χ1v) is 11.7. The van der Waals surface area contributed by atoms with Crippen LogP contribution in [0.2, 0.25) is 0 Å². The molecule has 0 spiro atoms. The van der Waals surface area contributed by atoms with Crippen molar-refractivity contribution in [2.75, 3.05) is 18.0 Å². The summed E-state index contributed by atoms with van der Waals surface area (Å²) in [7, 11) is 1.58. The first-order chi connectivity index (χ1) is 17.4. The molecule has 0 unspecified atom stereocenters. The first-order valence-electron chi connectivity index (χ1n) is 11.7. The second kappa shape index (κ2) is 9.29. The maximum atomic E-state index is 13.7. The highest BCUT2D eigenvalue weighted by molar-refractivity contribution is 5.83. The van der Waals surface area contributed by atoms with Gasteiger partial charge in [-0.1, -0.05) is 18.1 Å². The van der Waals surface area contributed by atoms with Crippen molar-refractivity contribution < 1.29 is 0 Å². The average molecular weight is 484 g/mol. The van der Waals surface area contributed by atoms with Gasteiger partial charge in [0, 0.05) is 31.6 Å². The molecule has 4 aromatic rings. The van der Waals surface area contributed by atoms with Crippen LogP contribution in [-0.4, -0.2) is 47.8 Å². The summed E-state index contributed by atoms with van der Waals surface area (Å²) in [5.74, 6) is 6.66. The van der Waals surface area contributed by atoms with E-state index in [0.29, 0.717) is 23.4 Å². The molecule has 5 rings (SSSR count). The predicted octanol–water partition coefficient (Wildman–Crippen LogP) is 0.711. The predicted molar refractivity (Wildman–Crippen MR) is 135 cm³/mol. The number of rotatable bonds is 4. The Morgan fingerprint density at radius 3 is 2.72 bits per heavy atom. The van der Waals surface area contributed by atoms with Gasteiger partial charge in [0.05, 0.1) is 18.6 Å². The fourth-order valence-electron chi connectivity index (χ4n) is 4.66. The number of anilines is 1. The summed E-state index contributed by atoms with van der Waals surface area (Å²) in [6.07, 6.45) is 1.83. The Kier molecular flexibility index (Phi) is 6.00. The number of hydrogen-bond donors (Lipinski definition) is 1. The topological polar surface area (TPSA) is 141 Å². The Morgan fingerprint density at radius 1 is 1.17 bits per heavy atom. The van der Waals surface area contributed by atoms with E-state index < -0.39 is 11.2 Å². The summed E-state index contributed by atoms with van der Waals surface area (Å²) in [5.41, 5.74) is 6.45. The molecule has 0 radical (unpaired) electrons.